The van der Waals surface area contributed by atoms with Crippen LogP contribution in [0, 0.1) is 5.92 Å². The quantitative estimate of drug-likeness (QED) is 0.661. The van der Waals surface area contributed by atoms with Gasteiger partial charge in [0.05, 0.1) is 19.3 Å². The van der Waals surface area contributed by atoms with Crippen molar-refractivity contribution < 1.29 is 9.53 Å². The molecule has 0 bridgehead atoms. The van der Waals surface area contributed by atoms with Gasteiger partial charge in [-0.2, -0.15) is 0 Å². The average molecular weight is 199 g/mol. The van der Waals surface area contributed by atoms with E-state index in [1.54, 1.807) is 0 Å². The highest BCUT2D eigenvalue weighted by atomic mass is 16.5. The molecule has 1 rings (SSSR count). The Balaban J connectivity index is 2.08. The Morgan fingerprint density at radius 1 is 1.50 bits per heavy atom. The third-order valence-electron chi connectivity index (χ3n) is 2.67. The fraction of sp³-hybridized carbons (Fsp3) is 0.909. The van der Waals surface area contributed by atoms with Crippen LogP contribution < -0.4 is 5.32 Å². The first kappa shape index (κ1) is 11.5. The molecule has 0 aromatic rings. The summed E-state index contributed by atoms with van der Waals surface area (Å²) >= 11 is 0. The summed E-state index contributed by atoms with van der Waals surface area (Å²) < 4.78 is 5.00. The van der Waals surface area contributed by atoms with Crippen molar-refractivity contribution >= 4 is 5.91 Å². The second-order valence-electron chi connectivity index (χ2n) is 4.14. The van der Waals surface area contributed by atoms with Crippen LogP contribution in [0.25, 0.3) is 0 Å². The average Bonchev–Trinajstić information content (AvgIpc) is 2.11. The summed E-state index contributed by atoms with van der Waals surface area (Å²) in [5, 5.41) is 2.98. The molecule has 1 N–H and O–H groups in total. The summed E-state index contributed by atoms with van der Waals surface area (Å²) in [6.07, 6.45) is 4.61. The van der Waals surface area contributed by atoms with Gasteiger partial charge in [-0.15, -0.1) is 0 Å². The minimum Gasteiger partial charge on any atom is -0.377 e. The van der Waals surface area contributed by atoms with Gasteiger partial charge in [0.25, 0.3) is 0 Å². The Kier molecular flexibility index (Phi) is 4.94. The van der Waals surface area contributed by atoms with Gasteiger partial charge in [0.15, 0.2) is 0 Å². The fourth-order valence-corrected chi connectivity index (χ4v) is 1.49. The number of amides is 1. The van der Waals surface area contributed by atoms with Crippen LogP contribution in [0.1, 0.15) is 39.5 Å². The topological polar surface area (TPSA) is 38.3 Å². The highest BCUT2D eigenvalue weighted by Crippen LogP contribution is 2.10. The Morgan fingerprint density at radius 3 is 2.71 bits per heavy atom. The lowest BCUT2D eigenvalue weighted by Crippen LogP contribution is -2.50. The lowest BCUT2D eigenvalue weighted by molar-refractivity contribution is -0.128. The summed E-state index contributed by atoms with van der Waals surface area (Å²) in [7, 11) is 0. The third kappa shape index (κ3) is 3.66. The van der Waals surface area contributed by atoms with Crippen molar-refractivity contribution in [2.45, 2.75) is 45.6 Å². The second kappa shape index (κ2) is 6.02. The predicted octanol–water partition coefficient (Wildman–Crippen LogP) is 1.72. The molecular formula is C11H21NO2. The third-order valence-corrected chi connectivity index (χ3v) is 2.67. The van der Waals surface area contributed by atoms with Gasteiger partial charge in [0.1, 0.15) is 0 Å². The van der Waals surface area contributed by atoms with Crippen LogP contribution in [0.15, 0.2) is 0 Å². The maximum absolute atomic E-state index is 11.6. The van der Waals surface area contributed by atoms with Gasteiger partial charge in [-0.3, -0.25) is 4.79 Å². The molecule has 0 saturated carbocycles. The van der Waals surface area contributed by atoms with Crippen molar-refractivity contribution in [3.05, 3.63) is 0 Å². The van der Waals surface area contributed by atoms with Gasteiger partial charge in [-0.1, -0.05) is 33.1 Å². The zero-order valence-corrected chi connectivity index (χ0v) is 9.21. The molecule has 1 saturated heterocycles. The fourth-order valence-electron chi connectivity index (χ4n) is 1.49. The number of carbonyl (C=O) groups excluding carboxylic acids is 1. The van der Waals surface area contributed by atoms with Gasteiger partial charge >= 0.3 is 0 Å². The molecule has 1 aliphatic heterocycles. The molecule has 0 unspecified atom stereocenters. The second-order valence-corrected chi connectivity index (χ2v) is 4.14. The number of ether oxygens (including phenoxy) is 1. The molecule has 14 heavy (non-hydrogen) atoms. The highest BCUT2D eigenvalue weighted by Gasteiger charge is 2.22. The number of carbonyl (C=O) groups is 1. The van der Waals surface area contributed by atoms with E-state index in [0.29, 0.717) is 13.2 Å². The zero-order chi connectivity index (χ0) is 10.4. The number of hydrogen-bond acceptors (Lipinski definition) is 2. The Hall–Kier alpha value is -0.570. The summed E-state index contributed by atoms with van der Waals surface area (Å²) in [6.45, 7) is 5.56. The smallest absolute Gasteiger partial charge is 0.223 e. The lowest BCUT2D eigenvalue weighted by Gasteiger charge is -2.28. The number of unbranched alkanes of at least 4 members (excludes halogenated alkanes) is 2. The molecule has 0 aromatic carbocycles. The summed E-state index contributed by atoms with van der Waals surface area (Å²) in [6, 6.07) is 0.274. The SMILES string of the molecule is CCCCC[C@H](C)C(=O)NC1COC1. The molecule has 1 heterocycles. The minimum atomic E-state index is 0.155. The van der Waals surface area contributed by atoms with Crippen LogP contribution in [0.4, 0.5) is 0 Å². The molecule has 1 fully saturated rings. The van der Waals surface area contributed by atoms with Crippen LogP contribution >= 0.6 is 0 Å². The van der Waals surface area contributed by atoms with Crippen LogP contribution in [0.5, 0.6) is 0 Å². The molecule has 3 nitrogen and oxygen atoms in total. The van der Waals surface area contributed by atoms with E-state index in [9.17, 15) is 4.79 Å². The monoisotopic (exact) mass is 199 g/mol. The van der Waals surface area contributed by atoms with Gasteiger partial charge in [-0.25, -0.2) is 0 Å². The van der Waals surface area contributed by atoms with Crippen LogP contribution in [0.3, 0.4) is 0 Å². The summed E-state index contributed by atoms with van der Waals surface area (Å²) in [4.78, 5) is 11.6. The van der Waals surface area contributed by atoms with E-state index in [2.05, 4.69) is 12.2 Å². The molecule has 1 aliphatic rings. The van der Waals surface area contributed by atoms with Gasteiger partial charge in [-0.05, 0) is 6.42 Å². The first-order valence-corrected chi connectivity index (χ1v) is 5.62. The predicted molar refractivity (Wildman–Crippen MR) is 56.1 cm³/mol. The first-order valence-electron chi connectivity index (χ1n) is 5.62. The van der Waals surface area contributed by atoms with E-state index in [-0.39, 0.29) is 17.9 Å². The Bertz CT molecular complexity index is 178. The zero-order valence-electron chi connectivity index (χ0n) is 9.21. The molecule has 1 atom stereocenters. The molecule has 82 valence electrons. The maximum atomic E-state index is 11.6. The van der Waals surface area contributed by atoms with E-state index in [0.717, 1.165) is 12.8 Å². The van der Waals surface area contributed by atoms with E-state index < -0.39 is 0 Å². The van der Waals surface area contributed by atoms with Crippen molar-refractivity contribution in [3.63, 3.8) is 0 Å². The standard InChI is InChI=1S/C11H21NO2/c1-3-4-5-6-9(2)11(13)12-10-7-14-8-10/h9-10H,3-8H2,1-2H3,(H,12,13)/t9-/m0/s1. The number of hydrogen-bond donors (Lipinski definition) is 1. The number of rotatable bonds is 6. The largest absolute Gasteiger partial charge is 0.377 e. The molecule has 1 amide bonds. The molecule has 0 radical (unpaired) electrons. The molecule has 0 aliphatic carbocycles. The van der Waals surface area contributed by atoms with E-state index in [1.165, 1.54) is 12.8 Å². The van der Waals surface area contributed by atoms with E-state index in [1.807, 2.05) is 6.92 Å². The molecular weight excluding hydrogens is 178 g/mol. The summed E-state index contributed by atoms with van der Waals surface area (Å²) in [5.74, 6) is 0.344. The Labute approximate surface area is 86.2 Å². The van der Waals surface area contributed by atoms with Crippen LogP contribution in [0.2, 0.25) is 0 Å². The minimum absolute atomic E-state index is 0.155. The van der Waals surface area contributed by atoms with Gasteiger partial charge in [0.2, 0.25) is 5.91 Å². The first-order chi connectivity index (χ1) is 6.74. The Morgan fingerprint density at radius 2 is 2.21 bits per heavy atom. The van der Waals surface area contributed by atoms with Gasteiger partial charge < -0.3 is 10.1 Å². The lowest BCUT2D eigenvalue weighted by atomic mass is 10.0. The van der Waals surface area contributed by atoms with E-state index in [4.69, 9.17) is 4.74 Å². The van der Waals surface area contributed by atoms with Crippen molar-refractivity contribution in [2.75, 3.05) is 13.2 Å². The van der Waals surface area contributed by atoms with E-state index >= 15 is 0 Å². The molecule has 0 aromatic heterocycles. The molecule has 3 heteroatoms. The number of nitrogens with one attached hydrogen (secondary N) is 1. The van der Waals surface area contributed by atoms with Crippen LogP contribution in [-0.2, 0) is 9.53 Å². The van der Waals surface area contributed by atoms with Crippen molar-refractivity contribution in [1.82, 2.24) is 5.32 Å². The molecule has 0 spiro atoms. The van der Waals surface area contributed by atoms with Gasteiger partial charge in [0, 0.05) is 5.92 Å². The van der Waals surface area contributed by atoms with Crippen molar-refractivity contribution in [2.24, 2.45) is 5.92 Å². The van der Waals surface area contributed by atoms with Crippen LogP contribution in [-0.4, -0.2) is 25.2 Å². The van der Waals surface area contributed by atoms with Crippen molar-refractivity contribution in [1.29, 1.82) is 0 Å². The normalized spacial score (nSPS) is 18.7. The van der Waals surface area contributed by atoms with Crippen molar-refractivity contribution in [3.8, 4) is 0 Å². The highest BCUT2D eigenvalue weighted by molar-refractivity contribution is 5.78. The maximum Gasteiger partial charge on any atom is 0.223 e. The summed E-state index contributed by atoms with van der Waals surface area (Å²) in [5.41, 5.74) is 0.